The van der Waals surface area contributed by atoms with E-state index < -0.39 is 0 Å². The Labute approximate surface area is 112 Å². The van der Waals surface area contributed by atoms with Gasteiger partial charge in [0, 0.05) is 5.56 Å². The molecule has 0 aromatic heterocycles. The highest BCUT2D eigenvalue weighted by Crippen LogP contribution is 2.35. The number of nitrogens with two attached hydrogens (primary N) is 1. The number of hydrogen-bond acceptors (Lipinski definition) is 4. The third-order valence-electron chi connectivity index (χ3n) is 3.16. The minimum absolute atomic E-state index is 0.0323. The second-order valence-electron chi connectivity index (χ2n) is 4.66. The molecule has 4 nitrogen and oxygen atoms in total. The summed E-state index contributed by atoms with van der Waals surface area (Å²) in [6, 6.07) is 1.60. The van der Waals surface area contributed by atoms with Gasteiger partial charge in [0.2, 0.25) is 0 Å². The number of nitrogen functional groups attached to an aromatic ring is 1. The molecule has 0 saturated carbocycles. The van der Waals surface area contributed by atoms with Crippen LogP contribution in [0.2, 0.25) is 0 Å². The van der Waals surface area contributed by atoms with Crippen LogP contribution in [-0.2, 0) is 4.79 Å². The SMILES string of the molecule is CC1=CC(=O)C=CC1=Nc1c(C)cc(O)c(N)c1C. The number of carbonyl (C=O) groups is 1. The van der Waals surface area contributed by atoms with E-state index in [0.29, 0.717) is 5.69 Å². The molecule has 0 unspecified atom stereocenters. The number of aryl methyl sites for hydroxylation is 1. The Morgan fingerprint density at radius 1 is 1.21 bits per heavy atom. The lowest BCUT2D eigenvalue weighted by Crippen LogP contribution is -2.05. The van der Waals surface area contributed by atoms with Gasteiger partial charge in [-0.15, -0.1) is 0 Å². The number of aliphatic imine (C=N–C) groups is 1. The van der Waals surface area contributed by atoms with Crippen molar-refractivity contribution in [1.82, 2.24) is 0 Å². The van der Waals surface area contributed by atoms with Crippen LogP contribution in [0.1, 0.15) is 18.1 Å². The van der Waals surface area contributed by atoms with E-state index in [1.165, 1.54) is 6.08 Å². The van der Waals surface area contributed by atoms with Gasteiger partial charge in [-0.05, 0) is 56.2 Å². The molecular formula is C15H16N2O2. The van der Waals surface area contributed by atoms with Crippen molar-refractivity contribution in [2.75, 3.05) is 5.73 Å². The van der Waals surface area contributed by atoms with Crippen molar-refractivity contribution in [2.24, 2.45) is 4.99 Å². The van der Waals surface area contributed by atoms with Crippen LogP contribution < -0.4 is 5.73 Å². The van der Waals surface area contributed by atoms with Gasteiger partial charge >= 0.3 is 0 Å². The highest BCUT2D eigenvalue weighted by molar-refractivity contribution is 6.20. The summed E-state index contributed by atoms with van der Waals surface area (Å²) in [5.41, 5.74) is 10.0. The average Bonchev–Trinajstić information content (AvgIpc) is 2.34. The fourth-order valence-corrected chi connectivity index (χ4v) is 2.01. The molecule has 0 saturated heterocycles. The van der Waals surface area contributed by atoms with Crippen molar-refractivity contribution in [3.05, 3.63) is 41.0 Å². The van der Waals surface area contributed by atoms with E-state index in [9.17, 15) is 9.90 Å². The van der Waals surface area contributed by atoms with Crippen molar-refractivity contribution < 1.29 is 9.90 Å². The van der Waals surface area contributed by atoms with Crippen molar-refractivity contribution >= 4 is 22.9 Å². The Hall–Kier alpha value is -2.36. The second-order valence-corrected chi connectivity index (χ2v) is 4.66. The molecule has 2 rings (SSSR count). The van der Waals surface area contributed by atoms with Gasteiger partial charge in [-0.1, -0.05) is 0 Å². The number of hydrogen-bond donors (Lipinski definition) is 2. The molecule has 0 radical (unpaired) electrons. The van der Waals surface area contributed by atoms with E-state index in [4.69, 9.17) is 5.73 Å². The highest BCUT2D eigenvalue weighted by atomic mass is 16.3. The molecule has 0 atom stereocenters. The number of phenols is 1. The standard InChI is InChI=1S/C15H16N2O2/c1-8-6-11(18)4-5-12(8)17-15-9(2)7-13(19)14(16)10(15)3/h4-7,19H,16H2,1-3H3. The van der Waals surface area contributed by atoms with Crippen LogP contribution in [0.5, 0.6) is 5.75 Å². The summed E-state index contributed by atoms with van der Waals surface area (Å²) < 4.78 is 0. The molecule has 19 heavy (non-hydrogen) atoms. The van der Waals surface area contributed by atoms with Gasteiger partial charge in [0.15, 0.2) is 5.78 Å². The molecule has 0 heterocycles. The summed E-state index contributed by atoms with van der Waals surface area (Å²) in [5, 5.41) is 9.65. The number of ketones is 1. The minimum Gasteiger partial charge on any atom is -0.506 e. The van der Waals surface area contributed by atoms with Crippen LogP contribution in [0.4, 0.5) is 11.4 Å². The summed E-state index contributed by atoms with van der Waals surface area (Å²) in [4.78, 5) is 15.8. The van der Waals surface area contributed by atoms with Gasteiger partial charge in [-0.3, -0.25) is 4.79 Å². The number of benzene rings is 1. The van der Waals surface area contributed by atoms with E-state index >= 15 is 0 Å². The van der Waals surface area contributed by atoms with Crippen molar-refractivity contribution in [3.8, 4) is 5.75 Å². The summed E-state index contributed by atoms with van der Waals surface area (Å²) >= 11 is 0. The minimum atomic E-state index is -0.0323. The van der Waals surface area contributed by atoms with Gasteiger partial charge < -0.3 is 10.8 Å². The zero-order chi connectivity index (χ0) is 14.2. The quantitative estimate of drug-likeness (QED) is 0.461. The molecule has 1 aliphatic rings. The van der Waals surface area contributed by atoms with E-state index in [0.717, 1.165) is 28.1 Å². The predicted octanol–water partition coefficient (Wildman–Crippen LogP) is 2.75. The summed E-state index contributed by atoms with van der Waals surface area (Å²) in [6.45, 7) is 5.52. The van der Waals surface area contributed by atoms with Crippen LogP contribution in [-0.4, -0.2) is 16.6 Å². The lowest BCUT2D eigenvalue weighted by molar-refractivity contribution is -0.110. The molecule has 0 aliphatic heterocycles. The zero-order valence-electron chi connectivity index (χ0n) is 11.2. The first-order chi connectivity index (χ1) is 8.90. The third-order valence-corrected chi connectivity index (χ3v) is 3.16. The van der Waals surface area contributed by atoms with Crippen LogP contribution in [0.15, 0.2) is 34.9 Å². The fraction of sp³-hybridized carbons (Fsp3) is 0.200. The van der Waals surface area contributed by atoms with Crippen molar-refractivity contribution in [3.63, 3.8) is 0 Å². The summed E-state index contributed by atoms with van der Waals surface area (Å²) in [7, 11) is 0. The average molecular weight is 256 g/mol. The third kappa shape index (κ3) is 2.42. The van der Waals surface area contributed by atoms with Crippen LogP contribution in [0.3, 0.4) is 0 Å². The van der Waals surface area contributed by atoms with Crippen molar-refractivity contribution in [1.29, 1.82) is 0 Å². The van der Waals surface area contributed by atoms with Gasteiger partial charge in [0.25, 0.3) is 0 Å². The number of phenolic OH excluding ortho intramolecular Hbond substituents is 1. The summed E-state index contributed by atoms with van der Waals surface area (Å²) in [6.07, 6.45) is 4.73. The highest BCUT2D eigenvalue weighted by Gasteiger charge is 2.12. The Bertz CT molecular complexity index is 653. The first-order valence-electron chi connectivity index (χ1n) is 5.98. The van der Waals surface area contributed by atoms with E-state index in [-0.39, 0.29) is 11.5 Å². The fourth-order valence-electron chi connectivity index (χ4n) is 2.01. The Balaban J connectivity index is 2.56. The number of anilines is 1. The van der Waals surface area contributed by atoms with Crippen molar-refractivity contribution in [2.45, 2.75) is 20.8 Å². The lowest BCUT2D eigenvalue weighted by Gasteiger charge is -2.12. The first-order valence-corrected chi connectivity index (χ1v) is 5.98. The Kier molecular flexibility index (Phi) is 3.25. The molecule has 1 aliphatic carbocycles. The number of rotatable bonds is 1. The molecule has 0 fully saturated rings. The number of carbonyl (C=O) groups excluding carboxylic acids is 1. The molecule has 0 spiro atoms. The van der Waals surface area contributed by atoms with E-state index in [1.807, 2.05) is 20.8 Å². The molecule has 3 N–H and O–H groups in total. The molecule has 1 aromatic rings. The van der Waals surface area contributed by atoms with Crippen LogP contribution >= 0.6 is 0 Å². The van der Waals surface area contributed by atoms with E-state index in [1.54, 1.807) is 18.2 Å². The smallest absolute Gasteiger partial charge is 0.179 e. The molecule has 98 valence electrons. The largest absolute Gasteiger partial charge is 0.506 e. The van der Waals surface area contributed by atoms with E-state index in [2.05, 4.69) is 4.99 Å². The van der Waals surface area contributed by atoms with Gasteiger partial charge in [0.1, 0.15) is 5.75 Å². The van der Waals surface area contributed by atoms with Gasteiger partial charge in [-0.25, -0.2) is 4.99 Å². The maximum absolute atomic E-state index is 11.2. The van der Waals surface area contributed by atoms with Crippen LogP contribution in [0.25, 0.3) is 0 Å². The molecule has 1 aromatic carbocycles. The summed E-state index contributed by atoms with van der Waals surface area (Å²) in [5.74, 6) is 0.0377. The van der Waals surface area contributed by atoms with Crippen LogP contribution in [0, 0.1) is 13.8 Å². The lowest BCUT2D eigenvalue weighted by atomic mass is 10.0. The van der Waals surface area contributed by atoms with Gasteiger partial charge in [0.05, 0.1) is 17.1 Å². The zero-order valence-corrected chi connectivity index (χ0v) is 11.2. The molecule has 0 bridgehead atoms. The monoisotopic (exact) mass is 256 g/mol. The number of allylic oxidation sites excluding steroid dienone is 4. The molecular weight excluding hydrogens is 240 g/mol. The topological polar surface area (TPSA) is 75.7 Å². The maximum atomic E-state index is 11.2. The Morgan fingerprint density at radius 3 is 2.53 bits per heavy atom. The maximum Gasteiger partial charge on any atom is 0.179 e. The molecule has 4 heteroatoms. The number of aromatic hydroxyl groups is 1. The first kappa shape index (κ1) is 13.1. The van der Waals surface area contributed by atoms with Gasteiger partial charge in [-0.2, -0.15) is 0 Å². The predicted molar refractivity (Wildman–Crippen MR) is 77.0 cm³/mol. The second kappa shape index (κ2) is 4.72. The normalized spacial score (nSPS) is 16.9. The Morgan fingerprint density at radius 2 is 1.89 bits per heavy atom. The molecule has 0 amide bonds. The number of nitrogens with zero attached hydrogens (tertiary/aromatic N) is 1.